The first-order valence-corrected chi connectivity index (χ1v) is 10.0. The fraction of sp³-hybridized carbons (Fsp3) is 0.280. The van der Waals surface area contributed by atoms with E-state index in [4.69, 9.17) is 0 Å². The zero-order chi connectivity index (χ0) is 18.3. The molecule has 1 fully saturated rings. The topological polar surface area (TPSA) is 6.48 Å². The first kappa shape index (κ1) is 23.3. The molecule has 0 aliphatic carbocycles. The van der Waals surface area contributed by atoms with Gasteiger partial charge in [-0.25, -0.2) is 0 Å². The molecule has 0 amide bonds. The largest absolute Gasteiger partial charge is 0.369 e. The lowest BCUT2D eigenvalue weighted by Gasteiger charge is -2.36. The molecule has 3 aromatic carbocycles. The average Bonchev–Trinajstić information content (AvgIpc) is 2.76. The Hall–Kier alpha value is -2.00. The van der Waals surface area contributed by atoms with Gasteiger partial charge in [0.05, 0.1) is 0 Å². The first-order chi connectivity index (χ1) is 13.4. The van der Waals surface area contributed by atoms with E-state index in [2.05, 4.69) is 101 Å². The molecule has 154 valence electrons. The van der Waals surface area contributed by atoms with Gasteiger partial charge in [-0.1, -0.05) is 78.9 Å². The Morgan fingerprint density at radius 3 is 1.52 bits per heavy atom. The van der Waals surface area contributed by atoms with Crippen LogP contribution in [0.2, 0.25) is 0 Å². The van der Waals surface area contributed by atoms with Crippen LogP contribution >= 0.6 is 24.8 Å². The second-order valence-corrected chi connectivity index (χ2v) is 7.33. The van der Waals surface area contributed by atoms with E-state index in [1.165, 1.54) is 23.2 Å². The molecule has 1 heterocycles. The van der Waals surface area contributed by atoms with Crippen molar-refractivity contribution in [2.75, 3.05) is 37.6 Å². The van der Waals surface area contributed by atoms with Crippen LogP contribution < -0.4 is 4.90 Å². The van der Waals surface area contributed by atoms with Crippen molar-refractivity contribution in [2.45, 2.75) is 12.3 Å². The second-order valence-electron chi connectivity index (χ2n) is 7.33. The zero-order valence-electron chi connectivity index (χ0n) is 16.7. The maximum absolute atomic E-state index is 2.62. The Morgan fingerprint density at radius 1 is 0.586 bits per heavy atom. The monoisotopic (exact) mass is 428 g/mol. The molecule has 0 N–H and O–H groups in total. The normalized spacial score (nSPS) is 14.2. The summed E-state index contributed by atoms with van der Waals surface area (Å²) in [6.45, 7) is 5.67. The number of para-hydroxylation sites is 1. The van der Waals surface area contributed by atoms with E-state index in [0.29, 0.717) is 5.92 Å². The number of rotatable bonds is 6. The van der Waals surface area contributed by atoms with Crippen molar-refractivity contribution < 1.29 is 0 Å². The molecular weight excluding hydrogens is 399 g/mol. The third-order valence-electron chi connectivity index (χ3n) is 5.63. The van der Waals surface area contributed by atoms with Crippen LogP contribution in [0.25, 0.3) is 0 Å². The van der Waals surface area contributed by atoms with Crippen LogP contribution in [0.3, 0.4) is 0 Å². The molecule has 0 atom stereocenters. The van der Waals surface area contributed by atoms with Gasteiger partial charge in [0.1, 0.15) is 0 Å². The van der Waals surface area contributed by atoms with E-state index >= 15 is 0 Å². The Balaban J connectivity index is 0.00000150. The van der Waals surface area contributed by atoms with Crippen LogP contribution in [0.5, 0.6) is 0 Å². The Labute approximate surface area is 187 Å². The minimum atomic E-state index is 0. The second kappa shape index (κ2) is 11.9. The van der Waals surface area contributed by atoms with Crippen molar-refractivity contribution in [1.29, 1.82) is 0 Å². The summed E-state index contributed by atoms with van der Waals surface area (Å²) in [6, 6.07) is 32.7. The summed E-state index contributed by atoms with van der Waals surface area (Å²) in [5.41, 5.74) is 4.20. The highest BCUT2D eigenvalue weighted by molar-refractivity contribution is 5.85. The van der Waals surface area contributed by atoms with Crippen molar-refractivity contribution in [3.05, 3.63) is 102 Å². The maximum Gasteiger partial charge on any atom is 0.0367 e. The molecule has 0 radical (unpaired) electrons. The number of benzene rings is 3. The maximum atomic E-state index is 2.62. The average molecular weight is 429 g/mol. The van der Waals surface area contributed by atoms with Crippen LogP contribution in [-0.2, 0) is 0 Å². The number of anilines is 1. The van der Waals surface area contributed by atoms with Gasteiger partial charge in [-0.15, -0.1) is 24.8 Å². The molecule has 0 saturated carbocycles. The van der Waals surface area contributed by atoms with Crippen molar-refractivity contribution in [2.24, 2.45) is 0 Å². The quantitative estimate of drug-likeness (QED) is 0.483. The van der Waals surface area contributed by atoms with E-state index < -0.39 is 0 Å². The molecule has 3 aromatic rings. The number of piperazine rings is 1. The number of hydrogen-bond acceptors (Lipinski definition) is 2. The third kappa shape index (κ3) is 6.24. The van der Waals surface area contributed by atoms with Gasteiger partial charge in [0, 0.05) is 37.8 Å². The molecule has 1 saturated heterocycles. The summed E-state index contributed by atoms with van der Waals surface area (Å²) < 4.78 is 0. The van der Waals surface area contributed by atoms with Crippen LogP contribution in [0.4, 0.5) is 5.69 Å². The van der Waals surface area contributed by atoms with Crippen LogP contribution in [-0.4, -0.2) is 37.6 Å². The van der Waals surface area contributed by atoms with Gasteiger partial charge in [0.25, 0.3) is 0 Å². The number of nitrogens with zero attached hydrogens (tertiary/aromatic N) is 2. The van der Waals surface area contributed by atoms with Gasteiger partial charge in [-0.3, -0.25) is 4.90 Å². The SMILES string of the molecule is Cl.Cl.c1ccc(C(CCN2CCN(c3ccccc3)CC2)c2ccccc2)cc1. The molecule has 0 spiro atoms. The zero-order valence-corrected chi connectivity index (χ0v) is 18.3. The van der Waals surface area contributed by atoms with Gasteiger partial charge < -0.3 is 4.90 Å². The molecule has 0 bridgehead atoms. The number of hydrogen-bond donors (Lipinski definition) is 0. The fourth-order valence-electron chi connectivity index (χ4n) is 4.08. The lowest BCUT2D eigenvalue weighted by Crippen LogP contribution is -2.46. The van der Waals surface area contributed by atoms with E-state index in [-0.39, 0.29) is 24.8 Å². The van der Waals surface area contributed by atoms with Crippen molar-refractivity contribution >= 4 is 30.5 Å². The lowest BCUT2D eigenvalue weighted by atomic mass is 9.88. The summed E-state index contributed by atoms with van der Waals surface area (Å²) >= 11 is 0. The predicted octanol–water partition coefficient (Wildman–Crippen LogP) is 5.87. The van der Waals surface area contributed by atoms with Gasteiger partial charge in [-0.05, 0) is 36.2 Å². The summed E-state index contributed by atoms with van der Waals surface area (Å²) in [4.78, 5) is 5.13. The Kier molecular flexibility index (Phi) is 9.53. The Morgan fingerprint density at radius 2 is 1.03 bits per heavy atom. The van der Waals surface area contributed by atoms with Crippen LogP contribution in [0.1, 0.15) is 23.5 Å². The highest BCUT2D eigenvalue weighted by Crippen LogP contribution is 2.28. The summed E-state index contributed by atoms with van der Waals surface area (Å²) in [7, 11) is 0. The molecular formula is C25H30Cl2N2. The minimum absolute atomic E-state index is 0. The van der Waals surface area contributed by atoms with Crippen molar-refractivity contribution in [3.63, 3.8) is 0 Å². The third-order valence-corrected chi connectivity index (χ3v) is 5.63. The highest BCUT2D eigenvalue weighted by Gasteiger charge is 2.20. The van der Waals surface area contributed by atoms with Gasteiger partial charge in [0.2, 0.25) is 0 Å². The summed E-state index contributed by atoms with van der Waals surface area (Å²) in [6.07, 6.45) is 1.17. The van der Waals surface area contributed by atoms with E-state index in [1.54, 1.807) is 0 Å². The molecule has 29 heavy (non-hydrogen) atoms. The predicted molar refractivity (Wildman–Crippen MR) is 129 cm³/mol. The van der Waals surface area contributed by atoms with Crippen molar-refractivity contribution in [3.8, 4) is 0 Å². The first-order valence-electron chi connectivity index (χ1n) is 10.0. The van der Waals surface area contributed by atoms with E-state index in [9.17, 15) is 0 Å². The summed E-state index contributed by atoms with van der Waals surface area (Å²) in [5, 5.41) is 0. The van der Waals surface area contributed by atoms with E-state index in [1.807, 2.05) is 0 Å². The molecule has 2 nitrogen and oxygen atoms in total. The fourth-order valence-corrected chi connectivity index (χ4v) is 4.08. The minimum Gasteiger partial charge on any atom is -0.369 e. The highest BCUT2D eigenvalue weighted by atomic mass is 35.5. The lowest BCUT2D eigenvalue weighted by molar-refractivity contribution is 0.251. The van der Waals surface area contributed by atoms with Crippen LogP contribution in [0.15, 0.2) is 91.0 Å². The van der Waals surface area contributed by atoms with Crippen LogP contribution in [0, 0.1) is 0 Å². The van der Waals surface area contributed by atoms with Crippen molar-refractivity contribution in [1.82, 2.24) is 4.90 Å². The summed E-state index contributed by atoms with van der Waals surface area (Å²) in [5.74, 6) is 0.472. The van der Waals surface area contributed by atoms with Gasteiger partial charge in [-0.2, -0.15) is 0 Å². The number of halogens is 2. The molecule has 4 heteroatoms. The Bertz CT molecular complexity index is 765. The molecule has 1 aliphatic heterocycles. The standard InChI is InChI=1S/C25H28N2.2ClH/c1-4-10-22(11-5-1)25(23-12-6-2-7-13-23)16-17-26-18-20-27(21-19-26)24-14-8-3-9-15-24;;/h1-15,25H,16-21H2;2*1H. The molecule has 0 unspecified atom stereocenters. The van der Waals surface area contributed by atoms with Gasteiger partial charge >= 0.3 is 0 Å². The molecule has 1 aliphatic rings. The van der Waals surface area contributed by atoms with E-state index in [0.717, 1.165) is 32.7 Å². The smallest absolute Gasteiger partial charge is 0.0367 e. The molecule has 4 rings (SSSR count). The van der Waals surface area contributed by atoms with Gasteiger partial charge in [0.15, 0.2) is 0 Å². The molecule has 0 aromatic heterocycles.